The van der Waals surface area contributed by atoms with E-state index < -0.39 is 0 Å². The summed E-state index contributed by atoms with van der Waals surface area (Å²) in [5.41, 5.74) is 2.28. The van der Waals surface area contributed by atoms with Gasteiger partial charge in [-0.2, -0.15) is 5.26 Å². The van der Waals surface area contributed by atoms with Gasteiger partial charge >= 0.3 is 0 Å². The second-order valence-corrected chi connectivity index (χ2v) is 5.93. The molecule has 0 unspecified atom stereocenters. The van der Waals surface area contributed by atoms with Crippen LogP contribution in [0.2, 0.25) is 0 Å². The molecule has 0 amide bonds. The lowest BCUT2D eigenvalue weighted by Crippen LogP contribution is -1.89. The summed E-state index contributed by atoms with van der Waals surface area (Å²) in [7, 11) is 0. The monoisotopic (exact) mass is 278 g/mol. The van der Waals surface area contributed by atoms with Crippen LogP contribution in [0.25, 0.3) is 10.8 Å². The van der Waals surface area contributed by atoms with Crippen LogP contribution in [0.5, 0.6) is 0 Å². The number of nitrogens with zero attached hydrogens (tertiary/aromatic N) is 2. The number of thiazole rings is 1. The van der Waals surface area contributed by atoms with Gasteiger partial charge in [-0.05, 0) is 23.3 Å². The third-order valence-electron chi connectivity index (χ3n) is 3.40. The lowest BCUT2D eigenvalue weighted by molar-refractivity contribution is 1.09. The van der Waals surface area contributed by atoms with E-state index in [1.165, 1.54) is 16.3 Å². The first-order valence-corrected chi connectivity index (χ1v) is 7.38. The number of aromatic nitrogens is 1. The number of rotatable bonds is 3. The maximum absolute atomic E-state index is 8.81. The molecule has 0 bridgehead atoms. The van der Waals surface area contributed by atoms with Gasteiger partial charge in [0.2, 0.25) is 0 Å². The minimum atomic E-state index is 0.457. The quantitative estimate of drug-likeness (QED) is 0.717. The van der Waals surface area contributed by atoms with Gasteiger partial charge in [0.05, 0.1) is 23.2 Å². The summed E-state index contributed by atoms with van der Waals surface area (Å²) in [6, 6.07) is 17.0. The van der Waals surface area contributed by atoms with Crippen molar-refractivity contribution in [2.75, 3.05) is 0 Å². The minimum absolute atomic E-state index is 0.457. The Kier molecular flexibility index (Phi) is 3.49. The summed E-state index contributed by atoms with van der Waals surface area (Å²) < 4.78 is 0. The molecule has 0 aliphatic carbocycles. The van der Waals surface area contributed by atoms with E-state index in [1.54, 1.807) is 11.3 Å². The molecular formula is C17H14N2S. The average molecular weight is 278 g/mol. The molecule has 3 rings (SSSR count). The van der Waals surface area contributed by atoms with E-state index in [9.17, 15) is 0 Å². The van der Waals surface area contributed by atoms with Crippen molar-refractivity contribution in [3.8, 4) is 6.07 Å². The second kappa shape index (κ2) is 5.44. The van der Waals surface area contributed by atoms with Crippen LogP contribution in [-0.2, 0) is 12.8 Å². The molecule has 2 nitrogen and oxygen atoms in total. The van der Waals surface area contributed by atoms with Crippen molar-refractivity contribution in [1.29, 1.82) is 5.26 Å². The maximum Gasteiger partial charge on any atom is 0.0975 e. The van der Waals surface area contributed by atoms with Crippen LogP contribution in [0.1, 0.15) is 21.1 Å². The van der Waals surface area contributed by atoms with Gasteiger partial charge in [0.1, 0.15) is 0 Å². The van der Waals surface area contributed by atoms with E-state index in [1.807, 2.05) is 6.92 Å². The van der Waals surface area contributed by atoms with Crippen molar-refractivity contribution >= 4 is 22.1 Å². The van der Waals surface area contributed by atoms with Gasteiger partial charge in [-0.15, -0.1) is 11.3 Å². The molecule has 3 aromatic rings. The van der Waals surface area contributed by atoms with Gasteiger partial charge in [-0.3, -0.25) is 0 Å². The van der Waals surface area contributed by atoms with Gasteiger partial charge in [0.25, 0.3) is 0 Å². The van der Waals surface area contributed by atoms with E-state index in [-0.39, 0.29) is 0 Å². The van der Waals surface area contributed by atoms with E-state index >= 15 is 0 Å². The lowest BCUT2D eigenvalue weighted by atomic mass is 10.0. The molecule has 0 aliphatic rings. The molecule has 0 aliphatic heterocycles. The molecule has 0 saturated carbocycles. The summed E-state index contributed by atoms with van der Waals surface area (Å²) in [5.74, 6) is 0. The smallest absolute Gasteiger partial charge is 0.0975 e. The van der Waals surface area contributed by atoms with Crippen molar-refractivity contribution in [3.05, 3.63) is 63.6 Å². The molecule has 20 heavy (non-hydrogen) atoms. The van der Waals surface area contributed by atoms with Gasteiger partial charge in [-0.25, -0.2) is 4.98 Å². The van der Waals surface area contributed by atoms with Crippen LogP contribution >= 0.6 is 11.3 Å². The van der Waals surface area contributed by atoms with Gasteiger partial charge in [0.15, 0.2) is 0 Å². The Balaban J connectivity index is 1.97. The number of benzene rings is 2. The van der Waals surface area contributed by atoms with Crippen molar-refractivity contribution in [1.82, 2.24) is 4.98 Å². The van der Waals surface area contributed by atoms with Gasteiger partial charge < -0.3 is 0 Å². The first-order chi connectivity index (χ1) is 9.78. The van der Waals surface area contributed by atoms with Crippen molar-refractivity contribution in [2.45, 2.75) is 19.8 Å². The summed E-state index contributed by atoms with van der Waals surface area (Å²) in [6.07, 6.45) is 1.29. The Morgan fingerprint density at radius 3 is 2.80 bits per heavy atom. The zero-order chi connectivity index (χ0) is 13.9. The van der Waals surface area contributed by atoms with Gasteiger partial charge in [0, 0.05) is 11.3 Å². The minimum Gasteiger partial charge on any atom is -0.246 e. The number of hydrogen-bond acceptors (Lipinski definition) is 3. The molecule has 0 N–H and O–H groups in total. The van der Waals surface area contributed by atoms with Gasteiger partial charge in [-0.1, -0.05) is 42.5 Å². The average Bonchev–Trinajstić information content (AvgIpc) is 2.80. The second-order valence-electron chi connectivity index (χ2n) is 4.77. The first kappa shape index (κ1) is 12.8. The van der Waals surface area contributed by atoms with E-state index in [2.05, 4.69) is 53.5 Å². The van der Waals surface area contributed by atoms with Crippen molar-refractivity contribution < 1.29 is 0 Å². The Bertz CT molecular complexity index is 791. The fraction of sp³-hybridized carbons (Fsp3) is 0.176. The molecule has 2 aromatic carbocycles. The maximum atomic E-state index is 8.81. The molecule has 0 saturated heterocycles. The Labute approximate surface area is 122 Å². The number of nitriles is 1. The molecule has 3 heteroatoms. The predicted molar refractivity (Wildman–Crippen MR) is 82.9 cm³/mol. The Hall–Kier alpha value is -2.18. The Morgan fingerprint density at radius 1 is 1.15 bits per heavy atom. The third-order valence-corrected chi connectivity index (χ3v) is 4.56. The fourth-order valence-corrected chi connectivity index (χ4v) is 3.43. The molecule has 0 spiro atoms. The van der Waals surface area contributed by atoms with Crippen LogP contribution < -0.4 is 0 Å². The fourth-order valence-electron chi connectivity index (χ4n) is 2.41. The van der Waals surface area contributed by atoms with Crippen LogP contribution in [-0.4, -0.2) is 4.98 Å². The van der Waals surface area contributed by atoms with Crippen LogP contribution in [0.4, 0.5) is 0 Å². The highest BCUT2D eigenvalue weighted by Crippen LogP contribution is 2.25. The SMILES string of the molecule is Cc1nc(Cc2cccc3ccccc23)sc1CC#N. The van der Waals surface area contributed by atoms with Crippen LogP contribution in [0.15, 0.2) is 42.5 Å². The summed E-state index contributed by atoms with van der Waals surface area (Å²) in [4.78, 5) is 5.68. The molecule has 98 valence electrons. The van der Waals surface area contributed by atoms with Crippen LogP contribution in [0, 0.1) is 18.3 Å². The molecule has 1 heterocycles. The highest BCUT2D eigenvalue weighted by molar-refractivity contribution is 7.11. The molecule has 0 radical (unpaired) electrons. The number of hydrogen-bond donors (Lipinski definition) is 0. The third kappa shape index (κ3) is 2.43. The Morgan fingerprint density at radius 2 is 1.95 bits per heavy atom. The predicted octanol–water partition coefficient (Wildman–Crippen LogP) is 4.26. The number of aryl methyl sites for hydroxylation is 1. The van der Waals surface area contributed by atoms with Crippen molar-refractivity contribution in [3.63, 3.8) is 0 Å². The highest BCUT2D eigenvalue weighted by Gasteiger charge is 2.09. The topological polar surface area (TPSA) is 36.7 Å². The standard InChI is InChI=1S/C17H14N2S/c1-12-16(9-10-18)20-17(19-12)11-14-7-4-6-13-5-2-3-8-15(13)14/h2-8H,9,11H2,1H3. The van der Waals surface area contributed by atoms with Crippen molar-refractivity contribution in [2.24, 2.45) is 0 Å². The first-order valence-electron chi connectivity index (χ1n) is 6.56. The van der Waals surface area contributed by atoms with Crippen LogP contribution in [0.3, 0.4) is 0 Å². The van der Waals surface area contributed by atoms with E-state index in [4.69, 9.17) is 5.26 Å². The lowest BCUT2D eigenvalue weighted by Gasteiger charge is -2.04. The summed E-state index contributed by atoms with van der Waals surface area (Å²) >= 11 is 1.65. The summed E-state index contributed by atoms with van der Waals surface area (Å²) in [5, 5.41) is 12.4. The highest BCUT2D eigenvalue weighted by atomic mass is 32.1. The normalized spacial score (nSPS) is 10.6. The van der Waals surface area contributed by atoms with E-state index in [0.29, 0.717) is 6.42 Å². The zero-order valence-electron chi connectivity index (χ0n) is 11.3. The summed E-state index contributed by atoms with van der Waals surface area (Å²) in [6.45, 7) is 1.98. The number of fused-ring (bicyclic) bond motifs is 1. The zero-order valence-corrected chi connectivity index (χ0v) is 12.1. The molecular weight excluding hydrogens is 264 g/mol. The molecule has 0 fully saturated rings. The van der Waals surface area contributed by atoms with E-state index in [0.717, 1.165) is 22.0 Å². The molecule has 0 atom stereocenters. The molecule has 1 aromatic heterocycles. The largest absolute Gasteiger partial charge is 0.246 e.